The molecule has 1 aromatic carbocycles. The predicted molar refractivity (Wildman–Crippen MR) is 44.6 cm³/mol. The van der Waals surface area contributed by atoms with Crippen molar-refractivity contribution < 1.29 is 18.0 Å². The van der Waals surface area contributed by atoms with Crippen LogP contribution >= 0.6 is 0 Å². The molecule has 1 N–H and O–H groups in total. The minimum absolute atomic E-state index is 0.123. The van der Waals surface area contributed by atoms with Crippen molar-refractivity contribution in [3.05, 3.63) is 35.1 Å². The molecular formula is C9H8F3NO. The molecule has 76 valence electrons. The van der Waals surface area contributed by atoms with E-state index in [1.165, 1.54) is 7.05 Å². The zero-order valence-electron chi connectivity index (χ0n) is 7.40. The lowest BCUT2D eigenvalue weighted by molar-refractivity contribution is 0.0989. The van der Waals surface area contributed by atoms with Crippen LogP contribution in [0.5, 0.6) is 0 Å². The van der Waals surface area contributed by atoms with Crippen molar-refractivity contribution in [1.82, 2.24) is 5.32 Å². The van der Waals surface area contributed by atoms with Crippen molar-refractivity contribution >= 4 is 5.78 Å². The van der Waals surface area contributed by atoms with Crippen LogP contribution in [-0.4, -0.2) is 19.4 Å². The predicted octanol–water partition coefficient (Wildman–Crippen LogP) is 1.51. The van der Waals surface area contributed by atoms with Gasteiger partial charge in [0.25, 0.3) is 0 Å². The zero-order chi connectivity index (χ0) is 10.7. The van der Waals surface area contributed by atoms with Gasteiger partial charge in [-0.25, -0.2) is 13.2 Å². The molecule has 2 nitrogen and oxygen atoms in total. The van der Waals surface area contributed by atoms with Gasteiger partial charge in [0.15, 0.2) is 17.4 Å². The van der Waals surface area contributed by atoms with E-state index in [1.54, 1.807) is 0 Å². The highest BCUT2D eigenvalue weighted by Gasteiger charge is 2.15. The highest BCUT2D eigenvalue weighted by atomic mass is 19.2. The first-order valence-electron chi connectivity index (χ1n) is 3.88. The second kappa shape index (κ2) is 4.23. The molecule has 5 heteroatoms. The molecule has 0 aliphatic rings. The van der Waals surface area contributed by atoms with E-state index in [0.717, 1.165) is 0 Å². The van der Waals surface area contributed by atoms with Crippen molar-refractivity contribution in [2.45, 2.75) is 0 Å². The van der Waals surface area contributed by atoms with Crippen molar-refractivity contribution in [2.24, 2.45) is 0 Å². The van der Waals surface area contributed by atoms with Crippen LogP contribution in [0.1, 0.15) is 10.4 Å². The topological polar surface area (TPSA) is 29.1 Å². The van der Waals surface area contributed by atoms with Crippen LogP contribution in [0, 0.1) is 17.5 Å². The minimum atomic E-state index is -1.30. The Hall–Kier alpha value is -1.36. The summed E-state index contributed by atoms with van der Waals surface area (Å²) < 4.78 is 38.1. The lowest BCUT2D eigenvalue weighted by atomic mass is 10.1. The molecule has 1 rings (SSSR count). The molecule has 0 aliphatic carbocycles. The normalized spacial score (nSPS) is 10.3. The monoisotopic (exact) mass is 203 g/mol. The summed E-state index contributed by atoms with van der Waals surface area (Å²) in [6, 6.07) is 0.919. The maximum absolute atomic E-state index is 12.9. The largest absolute Gasteiger partial charge is 0.313 e. The number of rotatable bonds is 3. The van der Waals surface area contributed by atoms with Crippen LogP contribution in [0.2, 0.25) is 0 Å². The first-order chi connectivity index (χ1) is 6.56. The molecular weight excluding hydrogens is 195 g/mol. The number of Topliss-reactive ketones (excluding diaryl/α,β-unsaturated/α-hetero) is 1. The summed E-state index contributed by atoms with van der Waals surface area (Å²) in [5.41, 5.74) is -0.446. The van der Waals surface area contributed by atoms with Gasteiger partial charge in [-0.2, -0.15) is 0 Å². The third-order valence-corrected chi connectivity index (χ3v) is 1.65. The lowest BCUT2D eigenvalue weighted by Gasteiger charge is -2.02. The lowest BCUT2D eigenvalue weighted by Crippen LogP contribution is -2.20. The smallest absolute Gasteiger partial charge is 0.179 e. The van der Waals surface area contributed by atoms with Crippen LogP contribution in [0.15, 0.2) is 12.1 Å². The maximum Gasteiger partial charge on any atom is 0.179 e. The van der Waals surface area contributed by atoms with Gasteiger partial charge in [0, 0.05) is 6.07 Å². The van der Waals surface area contributed by atoms with E-state index in [0.29, 0.717) is 12.1 Å². The Labute approximate surface area is 78.7 Å². The molecule has 0 unspecified atom stereocenters. The third-order valence-electron chi connectivity index (χ3n) is 1.65. The second-order valence-corrected chi connectivity index (χ2v) is 2.70. The molecule has 0 spiro atoms. The number of hydrogen-bond donors (Lipinski definition) is 1. The number of carbonyl (C=O) groups is 1. The van der Waals surface area contributed by atoms with Crippen LogP contribution in [-0.2, 0) is 0 Å². The first kappa shape index (κ1) is 10.7. The van der Waals surface area contributed by atoms with E-state index in [9.17, 15) is 18.0 Å². The van der Waals surface area contributed by atoms with Gasteiger partial charge in [-0.15, -0.1) is 0 Å². The highest BCUT2D eigenvalue weighted by molar-refractivity contribution is 5.97. The number of ketones is 1. The van der Waals surface area contributed by atoms with Gasteiger partial charge in [0.2, 0.25) is 0 Å². The van der Waals surface area contributed by atoms with Gasteiger partial charge < -0.3 is 5.32 Å². The van der Waals surface area contributed by atoms with Crippen LogP contribution < -0.4 is 5.32 Å². The van der Waals surface area contributed by atoms with Gasteiger partial charge in [-0.3, -0.25) is 4.79 Å². The van der Waals surface area contributed by atoms with Crippen LogP contribution in [0.25, 0.3) is 0 Å². The summed E-state index contributed by atoms with van der Waals surface area (Å²) in [5, 5.41) is 2.49. The number of carbonyl (C=O) groups excluding carboxylic acids is 1. The summed E-state index contributed by atoms with van der Waals surface area (Å²) in [5.74, 6) is -4.21. The average Bonchev–Trinajstić information content (AvgIpc) is 2.11. The number of hydrogen-bond acceptors (Lipinski definition) is 2. The Morgan fingerprint density at radius 3 is 2.36 bits per heavy atom. The molecule has 0 saturated heterocycles. The summed E-state index contributed by atoms with van der Waals surface area (Å²) in [4.78, 5) is 11.1. The fourth-order valence-corrected chi connectivity index (χ4v) is 0.992. The summed E-state index contributed by atoms with van der Waals surface area (Å²) in [7, 11) is 1.50. The fourth-order valence-electron chi connectivity index (χ4n) is 0.992. The SMILES string of the molecule is CNCC(=O)c1cc(F)c(F)cc1F. The summed E-state index contributed by atoms with van der Waals surface area (Å²) in [6.45, 7) is -0.123. The average molecular weight is 203 g/mol. The van der Waals surface area contributed by atoms with E-state index in [2.05, 4.69) is 5.32 Å². The molecule has 0 atom stereocenters. The number of likely N-dealkylation sites (N-methyl/N-ethyl adjacent to an activating group) is 1. The van der Waals surface area contributed by atoms with Crippen molar-refractivity contribution in [2.75, 3.05) is 13.6 Å². The maximum atomic E-state index is 12.9. The molecule has 0 bridgehead atoms. The number of nitrogens with one attached hydrogen (secondary N) is 1. The van der Waals surface area contributed by atoms with Gasteiger partial charge >= 0.3 is 0 Å². The Balaban J connectivity index is 3.09. The van der Waals surface area contributed by atoms with Crippen LogP contribution in [0.3, 0.4) is 0 Å². The van der Waals surface area contributed by atoms with Crippen molar-refractivity contribution in [3.8, 4) is 0 Å². The fraction of sp³-hybridized carbons (Fsp3) is 0.222. The van der Waals surface area contributed by atoms with Gasteiger partial charge in [-0.05, 0) is 13.1 Å². The highest BCUT2D eigenvalue weighted by Crippen LogP contribution is 2.13. The molecule has 14 heavy (non-hydrogen) atoms. The Bertz CT molecular complexity index is 365. The second-order valence-electron chi connectivity index (χ2n) is 2.70. The van der Waals surface area contributed by atoms with E-state index in [4.69, 9.17) is 0 Å². The minimum Gasteiger partial charge on any atom is -0.313 e. The first-order valence-corrected chi connectivity index (χ1v) is 3.88. The van der Waals surface area contributed by atoms with Gasteiger partial charge in [0.1, 0.15) is 5.82 Å². The van der Waals surface area contributed by atoms with Gasteiger partial charge in [0.05, 0.1) is 12.1 Å². The Morgan fingerprint density at radius 2 is 1.79 bits per heavy atom. The molecule has 0 heterocycles. The molecule has 0 saturated carbocycles. The van der Waals surface area contributed by atoms with Crippen molar-refractivity contribution in [3.63, 3.8) is 0 Å². The number of halogens is 3. The molecule has 0 amide bonds. The molecule has 0 aromatic heterocycles. The molecule has 0 fully saturated rings. The third kappa shape index (κ3) is 2.11. The van der Waals surface area contributed by atoms with E-state index < -0.39 is 28.8 Å². The Kier molecular flexibility index (Phi) is 3.24. The van der Waals surface area contributed by atoms with Crippen LogP contribution in [0.4, 0.5) is 13.2 Å². The summed E-state index contributed by atoms with van der Waals surface area (Å²) >= 11 is 0. The van der Waals surface area contributed by atoms with Crippen molar-refractivity contribution in [1.29, 1.82) is 0 Å². The zero-order valence-corrected chi connectivity index (χ0v) is 7.40. The quantitative estimate of drug-likeness (QED) is 0.596. The molecule has 0 aliphatic heterocycles. The Morgan fingerprint density at radius 1 is 1.21 bits per heavy atom. The van der Waals surface area contributed by atoms with E-state index in [1.807, 2.05) is 0 Å². The molecule has 0 radical (unpaired) electrons. The van der Waals surface area contributed by atoms with Gasteiger partial charge in [-0.1, -0.05) is 0 Å². The van der Waals surface area contributed by atoms with E-state index >= 15 is 0 Å². The number of benzene rings is 1. The van der Waals surface area contributed by atoms with E-state index in [-0.39, 0.29) is 6.54 Å². The standard InChI is InChI=1S/C9H8F3NO/c1-13-4-9(14)5-2-7(11)8(12)3-6(5)10/h2-3,13H,4H2,1H3. The molecule has 1 aromatic rings. The summed E-state index contributed by atoms with van der Waals surface area (Å²) in [6.07, 6.45) is 0.